The lowest BCUT2D eigenvalue weighted by Crippen LogP contribution is -2.51. The first-order valence-electron chi connectivity index (χ1n) is 9.24. The fourth-order valence-corrected chi connectivity index (χ4v) is 3.93. The van der Waals surface area contributed by atoms with E-state index in [2.05, 4.69) is 16.6 Å². The second kappa shape index (κ2) is 8.93. The van der Waals surface area contributed by atoms with Crippen LogP contribution in [0.15, 0.2) is 22.6 Å². The molecule has 27 heavy (non-hydrogen) atoms. The van der Waals surface area contributed by atoms with Crippen molar-refractivity contribution in [1.82, 2.24) is 10.2 Å². The molecule has 0 radical (unpaired) electrons. The maximum atomic E-state index is 13.5. The molecule has 1 saturated carbocycles. The lowest BCUT2D eigenvalue weighted by molar-refractivity contribution is -0.131. The van der Waals surface area contributed by atoms with Gasteiger partial charge in [0.2, 0.25) is 5.91 Å². The molecule has 1 aromatic rings. The molecule has 0 aliphatic heterocycles. The van der Waals surface area contributed by atoms with Crippen LogP contribution in [0.5, 0.6) is 0 Å². The summed E-state index contributed by atoms with van der Waals surface area (Å²) in [6.45, 7) is 5.94. The number of unbranched alkanes of at least 4 members (excludes halogenated alkanes) is 1. The summed E-state index contributed by atoms with van der Waals surface area (Å²) >= 11 is 5.42. The molecule has 1 aromatic carbocycles. The number of benzene rings is 1. The lowest BCUT2D eigenvalue weighted by atomic mass is 9.92. The average molecular weight is 410 g/mol. The van der Waals surface area contributed by atoms with Gasteiger partial charge in [-0.25, -0.2) is 0 Å². The van der Waals surface area contributed by atoms with E-state index >= 15 is 0 Å². The molecule has 0 spiro atoms. The van der Waals surface area contributed by atoms with E-state index < -0.39 is 15.9 Å². The molecule has 1 amide bonds. The number of thiocarbonyl (C=S) groups is 1. The van der Waals surface area contributed by atoms with Gasteiger partial charge in [0.05, 0.1) is 11.1 Å². The van der Waals surface area contributed by atoms with Crippen molar-refractivity contribution in [3.8, 4) is 0 Å². The molecule has 2 rings (SSSR count). The molecule has 1 unspecified atom stereocenters. The Morgan fingerprint density at radius 1 is 1.41 bits per heavy atom. The summed E-state index contributed by atoms with van der Waals surface area (Å²) < 4.78 is 25.6. The van der Waals surface area contributed by atoms with Crippen molar-refractivity contribution in [3.63, 3.8) is 0 Å². The molecule has 0 heterocycles. The van der Waals surface area contributed by atoms with Gasteiger partial charge in [-0.1, -0.05) is 31.9 Å². The summed E-state index contributed by atoms with van der Waals surface area (Å²) in [4.78, 5) is 15.2. The monoisotopic (exact) mass is 409 g/mol. The van der Waals surface area contributed by atoms with Gasteiger partial charge in [-0.2, -0.15) is 8.42 Å². The zero-order valence-corrected chi connectivity index (χ0v) is 17.9. The van der Waals surface area contributed by atoms with E-state index in [9.17, 15) is 13.2 Å². The summed E-state index contributed by atoms with van der Waals surface area (Å²) in [5.41, 5.74) is 1.28. The van der Waals surface area contributed by atoms with Gasteiger partial charge in [-0.15, -0.1) is 4.36 Å². The van der Waals surface area contributed by atoms with Crippen LogP contribution in [0.3, 0.4) is 0 Å². The minimum Gasteiger partial charge on any atom is -0.365 e. The minimum absolute atomic E-state index is 0.00127. The Morgan fingerprint density at radius 2 is 2.07 bits per heavy atom. The summed E-state index contributed by atoms with van der Waals surface area (Å²) in [5.74, 6) is -0.0245. The maximum Gasteiger partial charge on any atom is 0.316 e. The third-order valence-electron chi connectivity index (χ3n) is 5.16. The van der Waals surface area contributed by atoms with Gasteiger partial charge >= 0.3 is 10.5 Å². The highest BCUT2D eigenvalue weighted by Crippen LogP contribution is 2.51. The molecule has 0 saturated heterocycles. The number of rotatable bonds is 7. The molecule has 148 valence electrons. The summed E-state index contributed by atoms with van der Waals surface area (Å²) in [6.07, 6.45) is 4.40. The zero-order chi connectivity index (χ0) is 20.2. The highest BCUT2D eigenvalue weighted by Gasteiger charge is 2.54. The Kier molecular flexibility index (Phi) is 7.11. The number of nitrogens with zero attached hydrogens (tertiary/aromatic N) is 2. The Balaban J connectivity index is 2.40. The molecule has 0 bridgehead atoms. The molecule has 1 atom stereocenters. The number of amides is 1. The summed E-state index contributed by atoms with van der Waals surface area (Å²) in [7, 11) is -0.809. The van der Waals surface area contributed by atoms with Crippen LogP contribution < -0.4 is 5.32 Å². The zero-order valence-electron chi connectivity index (χ0n) is 16.3. The van der Waals surface area contributed by atoms with E-state index in [1.54, 1.807) is 24.9 Å². The van der Waals surface area contributed by atoms with Gasteiger partial charge in [-0.05, 0) is 62.5 Å². The average Bonchev–Trinajstić information content (AvgIpc) is 3.43. The Hall–Kier alpha value is -1.80. The quantitative estimate of drug-likeness (QED) is 0.696. The van der Waals surface area contributed by atoms with Gasteiger partial charge < -0.3 is 5.32 Å². The minimum atomic E-state index is -2.53. The molecule has 0 aromatic heterocycles. The van der Waals surface area contributed by atoms with Crippen LogP contribution in [-0.4, -0.2) is 37.4 Å². The number of carbonyl (C=O) groups is 1. The van der Waals surface area contributed by atoms with E-state index in [-0.39, 0.29) is 11.9 Å². The van der Waals surface area contributed by atoms with Gasteiger partial charge in [0.1, 0.15) is 0 Å². The van der Waals surface area contributed by atoms with Crippen molar-refractivity contribution < 1.29 is 13.2 Å². The first-order valence-corrected chi connectivity index (χ1v) is 10.7. The van der Waals surface area contributed by atoms with Gasteiger partial charge in [0, 0.05) is 13.1 Å². The SMILES string of the molecule is CCCCC(C)N(C(=O)C1(c2ccc(C)c(N=S(=O)=O)c2)CC1)C(=S)NC. The van der Waals surface area contributed by atoms with E-state index in [1.165, 1.54) is 0 Å². The molecule has 8 heteroatoms. The molecule has 1 fully saturated rings. The number of aryl methyl sites for hydroxylation is 1. The molecule has 1 N–H and O–H groups in total. The van der Waals surface area contributed by atoms with Crippen LogP contribution in [0.4, 0.5) is 5.69 Å². The number of nitrogens with one attached hydrogen (secondary N) is 1. The van der Waals surface area contributed by atoms with Crippen molar-refractivity contribution in [3.05, 3.63) is 29.3 Å². The van der Waals surface area contributed by atoms with Crippen LogP contribution >= 0.6 is 12.2 Å². The second-order valence-corrected chi connectivity index (χ2v) is 8.12. The summed E-state index contributed by atoms with van der Waals surface area (Å²) in [5, 5.41) is 3.36. The van der Waals surface area contributed by atoms with Crippen molar-refractivity contribution in [2.24, 2.45) is 4.36 Å². The van der Waals surface area contributed by atoms with Crippen LogP contribution in [-0.2, 0) is 20.7 Å². The number of hydrogen-bond donors (Lipinski definition) is 1. The van der Waals surface area contributed by atoms with Gasteiger partial charge in [0.15, 0.2) is 5.11 Å². The topological polar surface area (TPSA) is 78.8 Å². The van der Waals surface area contributed by atoms with Crippen LogP contribution in [0.2, 0.25) is 0 Å². The summed E-state index contributed by atoms with van der Waals surface area (Å²) in [6, 6.07) is 5.42. The van der Waals surface area contributed by atoms with Crippen molar-refractivity contribution in [2.45, 2.75) is 64.3 Å². The standard InChI is InChI=1S/C19H27N3O3S2/c1-5-6-7-14(3)22(18(26)20-4)17(23)19(10-11-19)15-9-8-13(2)16(12-15)21-27(24)25/h8-9,12,14H,5-7,10-11H2,1-4H3,(H,20,26). The Morgan fingerprint density at radius 3 is 2.59 bits per heavy atom. The van der Waals surface area contributed by atoms with Crippen molar-refractivity contribution in [2.75, 3.05) is 7.05 Å². The van der Waals surface area contributed by atoms with Crippen molar-refractivity contribution >= 4 is 39.4 Å². The molecular formula is C19H27N3O3S2. The fraction of sp³-hybridized carbons (Fsp3) is 0.579. The maximum absolute atomic E-state index is 13.5. The third-order valence-corrected chi connectivity index (χ3v) is 5.91. The molecule has 6 nitrogen and oxygen atoms in total. The number of hydrogen-bond acceptors (Lipinski definition) is 5. The highest BCUT2D eigenvalue weighted by atomic mass is 32.2. The van der Waals surface area contributed by atoms with Crippen LogP contribution in [0.25, 0.3) is 0 Å². The van der Waals surface area contributed by atoms with Crippen molar-refractivity contribution in [1.29, 1.82) is 0 Å². The van der Waals surface area contributed by atoms with E-state index in [4.69, 9.17) is 12.2 Å². The first-order chi connectivity index (χ1) is 12.8. The number of carbonyl (C=O) groups excluding carboxylic acids is 1. The van der Waals surface area contributed by atoms with Crippen LogP contribution in [0, 0.1) is 6.92 Å². The normalized spacial score (nSPS) is 15.6. The smallest absolute Gasteiger partial charge is 0.316 e. The second-order valence-electron chi connectivity index (χ2n) is 7.11. The molecule has 1 aliphatic rings. The van der Waals surface area contributed by atoms with Gasteiger partial charge in [-0.3, -0.25) is 9.69 Å². The van der Waals surface area contributed by atoms with E-state index in [0.29, 0.717) is 10.8 Å². The third kappa shape index (κ3) is 4.73. The van der Waals surface area contributed by atoms with Crippen LogP contribution in [0.1, 0.15) is 57.1 Å². The van der Waals surface area contributed by atoms with E-state index in [1.807, 2.05) is 19.1 Å². The molecular weight excluding hydrogens is 382 g/mol. The first kappa shape index (κ1) is 21.5. The predicted octanol–water partition coefficient (Wildman–Crippen LogP) is 3.63. The van der Waals surface area contributed by atoms with Gasteiger partial charge in [0.25, 0.3) is 0 Å². The Bertz CT molecular complexity index is 853. The predicted molar refractivity (Wildman–Crippen MR) is 111 cm³/mol. The fourth-order valence-electron chi connectivity index (χ4n) is 3.31. The lowest BCUT2D eigenvalue weighted by Gasteiger charge is -2.33. The highest BCUT2D eigenvalue weighted by molar-refractivity contribution is 7.80. The molecule has 1 aliphatic carbocycles. The largest absolute Gasteiger partial charge is 0.365 e. The Labute approximate surface area is 168 Å². The van der Waals surface area contributed by atoms with E-state index in [0.717, 1.165) is 43.2 Å².